The van der Waals surface area contributed by atoms with Crippen molar-refractivity contribution in [2.24, 2.45) is 0 Å². The quantitative estimate of drug-likeness (QED) is 0.0428. The lowest BCUT2D eigenvalue weighted by Gasteiger charge is -2.42. The summed E-state index contributed by atoms with van der Waals surface area (Å²) < 4.78 is 375. The van der Waals surface area contributed by atoms with Crippen molar-refractivity contribution in [3.05, 3.63) is 270 Å². The van der Waals surface area contributed by atoms with Crippen LogP contribution in [0.2, 0.25) is 0 Å². The van der Waals surface area contributed by atoms with Crippen LogP contribution < -0.4 is 10.9 Å². The number of carbonyl (C=O) groups is 2. The number of nitrogens with zero attached hydrogens (tertiary/aromatic N) is 6. The molecular formula is C82H80F10N6O6S2. The van der Waals surface area contributed by atoms with Gasteiger partial charge in [0.25, 0.3) is 0 Å². The number of carbonyl (C=O) groups excluding carboxylic acids is 2. The molecule has 0 spiro atoms. The Labute approximate surface area is 653 Å². The molecule has 556 valence electrons. The predicted octanol–water partition coefficient (Wildman–Crippen LogP) is 17.7. The van der Waals surface area contributed by atoms with Crippen molar-refractivity contribution in [1.29, 1.82) is 0 Å². The monoisotopic (exact) mass is 1520 g/mol. The summed E-state index contributed by atoms with van der Waals surface area (Å²) in [6.07, 6.45) is -10.6. The molecule has 1 atom stereocenters. The van der Waals surface area contributed by atoms with E-state index in [-0.39, 0.29) is 71.6 Å². The normalized spacial score (nSPS) is 19.0. The molecule has 12 nitrogen and oxygen atoms in total. The summed E-state index contributed by atoms with van der Waals surface area (Å²) in [6.45, 7) is -14.6. The van der Waals surface area contributed by atoms with E-state index in [1.54, 1.807) is 53.1 Å². The van der Waals surface area contributed by atoms with Crippen LogP contribution in [0.5, 0.6) is 0 Å². The third-order valence-electron chi connectivity index (χ3n) is 17.1. The summed E-state index contributed by atoms with van der Waals surface area (Å²) in [6, 6.07) is 0.729. The number of halogens is 10. The summed E-state index contributed by atoms with van der Waals surface area (Å²) >= 11 is 1.29. The number of fused-ring (bicyclic) bond motifs is 2. The molecule has 2 saturated heterocycles. The number of amides is 2. The molecule has 0 bridgehead atoms. The number of thioether (sulfide) groups is 2. The second-order valence-corrected chi connectivity index (χ2v) is 25.9. The van der Waals surface area contributed by atoms with E-state index in [1.807, 2.05) is 0 Å². The van der Waals surface area contributed by atoms with Crippen molar-refractivity contribution in [3.63, 3.8) is 0 Å². The first kappa shape index (κ1) is 50.5. The minimum Gasteiger partial charge on any atom is -0.383 e. The highest BCUT2D eigenvalue weighted by Gasteiger charge is 2.35. The van der Waals surface area contributed by atoms with Crippen LogP contribution in [0.4, 0.5) is 43.9 Å². The van der Waals surface area contributed by atoms with Crippen LogP contribution >= 0.6 is 23.5 Å². The molecule has 2 fully saturated rings. The smallest absolute Gasteiger partial charge is 0.383 e. The van der Waals surface area contributed by atoms with Crippen molar-refractivity contribution < 1.29 is 98.6 Å². The number of hydrogen-bond donors (Lipinski definition) is 0. The van der Waals surface area contributed by atoms with E-state index in [9.17, 15) is 58.0 Å². The van der Waals surface area contributed by atoms with Crippen LogP contribution in [-0.4, -0.2) is 119 Å². The number of ether oxygens (including phenoxy) is 2. The minimum absolute atomic E-state index is 0.00844. The van der Waals surface area contributed by atoms with Crippen LogP contribution in [0.1, 0.15) is 113 Å². The van der Waals surface area contributed by atoms with Gasteiger partial charge in [-0.15, -0.1) is 23.5 Å². The zero-order chi connectivity index (χ0) is 98.3. The highest BCUT2D eigenvalue weighted by molar-refractivity contribution is 7.98. The maximum Gasteiger partial charge on any atom is 0.416 e. The van der Waals surface area contributed by atoms with Crippen molar-refractivity contribution in [2.75, 3.05) is 66.5 Å². The summed E-state index contributed by atoms with van der Waals surface area (Å²) in [4.78, 5) is 61.5. The second kappa shape index (κ2) is 35.1. The number of para-hydroxylation sites is 1. The number of methoxy groups -OCH3 is 2. The number of piperidine rings is 2. The molecule has 0 aliphatic carbocycles. The van der Waals surface area contributed by atoms with Gasteiger partial charge >= 0.3 is 12.4 Å². The van der Waals surface area contributed by atoms with Crippen molar-refractivity contribution in [3.8, 4) is 22.3 Å². The summed E-state index contributed by atoms with van der Waals surface area (Å²) in [5, 5.41) is -0.832. The van der Waals surface area contributed by atoms with E-state index in [0.717, 1.165) is 49.1 Å². The summed E-state index contributed by atoms with van der Waals surface area (Å²) in [5.74, 6) is -8.69. The van der Waals surface area contributed by atoms with E-state index < -0.39 is 282 Å². The molecule has 0 N–H and O–H groups in total. The number of pyridine rings is 2. The number of rotatable bonds is 24. The first-order valence-electron chi connectivity index (χ1n) is 45.4. The van der Waals surface area contributed by atoms with Gasteiger partial charge in [-0.2, -0.15) is 26.3 Å². The van der Waals surface area contributed by atoms with Gasteiger partial charge in [-0.3, -0.25) is 19.2 Å². The number of aromatic nitrogens is 2. The average molecular weight is 1530 g/mol. The molecule has 12 rings (SSSR count). The van der Waals surface area contributed by atoms with Gasteiger partial charge in [-0.1, -0.05) is 121 Å². The molecule has 2 aromatic heterocycles. The van der Waals surface area contributed by atoms with Crippen LogP contribution in [0.3, 0.4) is 0 Å². The molecule has 2 amide bonds. The molecule has 10 aromatic rings. The van der Waals surface area contributed by atoms with Crippen LogP contribution in [0, 0.1) is 30.2 Å². The molecular weight excluding hydrogens is 1420 g/mol. The molecule has 0 radical (unpaired) electrons. The number of likely N-dealkylation sites (tertiary alicyclic amines) is 2. The fourth-order valence-corrected chi connectivity index (χ4v) is 13.7. The molecule has 8 aromatic carbocycles. The minimum atomic E-state index is -5.43. The Balaban J connectivity index is 0.000000262. The number of alkyl halides is 6. The topological polar surface area (TPSA) is 110 Å². The van der Waals surface area contributed by atoms with Crippen molar-refractivity contribution in [1.82, 2.24) is 28.7 Å². The van der Waals surface area contributed by atoms with Crippen LogP contribution in [-0.2, 0) is 62.5 Å². The van der Waals surface area contributed by atoms with Gasteiger partial charge < -0.3 is 38.2 Å². The Morgan fingerprint density at radius 2 is 1.13 bits per heavy atom. The highest BCUT2D eigenvalue weighted by atomic mass is 32.2. The average Bonchev–Trinajstić information content (AvgIpc) is 0.719. The van der Waals surface area contributed by atoms with Crippen molar-refractivity contribution in [2.45, 2.75) is 111 Å². The number of benzene rings is 8. The molecule has 2 aliphatic rings. The van der Waals surface area contributed by atoms with E-state index in [2.05, 4.69) is 0 Å². The van der Waals surface area contributed by atoms with Gasteiger partial charge in [0.1, 0.15) is 13.1 Å². The first-order valence-corrected chi connectivity index (χ1v) is 34.4. The van der Waals surface area contributed by atoms with E-state index in [1.165, 1.54) is 54.0 Å². The highest BCUT2D eigenvalue weighted by Crippen LogP contribution is 2.37. The lowest BCUT2D eigenvalue weighted by atomic mass is 9.96. The first-order chi connectivity index (χ1) is 61.2. The number of hydrogen-bond acceptors (Lipinski definition) is 10. The second-order valence-electron chi connectivity index (χ2n) is 23.9. The van der Waals surface area contributed by atoms with Gasteiger partial charge in [0.2, 0.25) is 11.8 Å². The molecule has 2 aliphatic heterocycles. The van der Waals surface area contributed by atoms with Crippen LogP contribution in [0.15, 0.2) is 207 Å². The molecule has 1 unspecified atom stereocenters. The van der Waals surface area contributed by atoms with E-state index >= 15 is 9.18 Å². The maximum absolute atomic E-state index is 15.3. The van der Waals surface area contributed by atoms with Gasteiger partial charge in [-0.25, -0.2) is 17.6 Å². The lowest BCUT2D eigenvalue weighted by molar-refractivity contribution is -0.138. The Kier molecular flexibility index (Phi) is 16.7. The Bertz CT molecular complexity index is 6240. The summed E-state index contributed by atoms with van der Waals surface area (Å²) in [5.41, 5.74) is -7.89. The third kappa shape index (κ3) is 19.2. The SMILES string of the molecule is [2H]C(C)(c1ccc(-c2ccc(C(F)(F)F)cc2)cc1)N(C(=O)Cn1c(SCc2cccc(F)c2F)cc(=O)c2ccccc21)C1CCN(C([2H])([2H])C([2H])([2H])OC)CC1.[2H]c1c([2H])c(F)c(F)c(CSc2c([2H])c(=O)c3c([2H])c(C)c([2H])c([2H])c3n2CC(=O)N(C2CCN(C([2H])([2H])C([2H])([2H])OC)CC2)C([2H])([2H])c2c([2H])c([2H])c(-c3c([2H])c([2H])c(C(F)(F)F)c([2H])c3[2H])c([2H])c2[2H])c1[2H]. The Morgan fingerprint density at radius 1 is 0.575 bits per heavy atom. The van der Waals surface area contributed by atoms with E-state index in [4.69, 9.17) is 41.0 Å². The van der Waals surface area contributed by atoms with E-state index in [0.29, 0.717) is 37.1 Å². The molecule has 0 saturated carbocycles. The fraction of sp³-hybridized carbons (Fsp3) is 0.317. The molecule has 4 heterocycles. The predicted molar refractivity (Wildman–Crippen MR) is 395 cm³/mol. The van der Waals surface area contributed by atoms with Crippen molar-refractivity contribution >= 4 is 57.1 Å². The van der Waals surface area contributed by atoms with Gasteiger partial charge in [0.05, 0.1) is 81.5 Å². The summed E-state index contributed by atoms with van der Waals surface area (Å²) in [7, 11) is 1.96. The zero-order valence-electron chi connectivity index (χ0n) is 82.6. The van der Waals surface area contributed by atoms with Gasteiger partial charge in [0.15, 0.2) is 34.1 Å². The third-order valence-corrected chi connectivity index (χ3v) is 19.2. The Hall–Kier alpha value is -9.04. The zero-order valence-corrected chi connectivity index (χ0v) is 58.2. The maximum atomic E-state index is 15.3. The molecule has 24 heteroatoms. The standard InChI is InChI=1S/2C41H40F5N3O3S/c1-27(28-10-12-29(13-11-28)30-14-16-32(17-15-30)41(44,45)46)49(33-18-20-47(21-19-33)22-23-52-2)38(51)25-48-36-9-4-3-7-34(36)37(50)24-39(48)53-26-31-6-5-8-35(42)40(31)43;1-27-6-15-36-34(22-27)37(50)23-39(53-26-31-4-3-5-35(42)40(31)43)49(36)25-38(51)48(33-16-18-47(19-17-33)20-21-52-2)24-28-7-9-29(10-8-28)30-11-13-32(14-12-30)41(44,45)46/h3-17,24,27,33H,18-23,25-26H2,1-2H3;3-15,22-23,33H,16-21,24-26H2,1-2H3/i22D2,23D2,27D;3D,4D,5D,6D,7D,8D,9D,10D,11D,12D,13D,14D,15D,20D2,21D2,22D,23D,24D2. The fourth-order valence-electron chi connectivity index (χ4n) is 11.7. The molecule has 106 heavy (non-hydrogen) atoms. The Morgan fingerprint density at radius 3 is 1.75 bits per heavy atom. The van der Waals surface area contributed by atoms with Gasteiger partial charge in [0, 0.05) is 123 Å². The largest absolute Gasteiger partial charge is 0.416 e. The van der Waals surface area contributed by atoms with Crippen LogP contribution in [0.25, 0.3) is 44.1 Å². The lowest BCUT2D eigenvalue weighted by Crippen LogP contribution is -2.49. The van der Waals surface area contributed by atoms with Gasteiger partial charge in [-0.05, 0) is 133 Å².